The van der Waals surface area contributed by atoms with E-state index >= 15 is 0 Å². The summed E-state index contributed by atoms with van der Waals surface area (Å²) >= 11 is 0. The lowest BCUT2D eigenvalue weighted by Crippen LogP contribution is -2.69. The first-order valence-corrected chi connectivity index (χ1v) is 19.2. The van der Waals surface area contributed by atoms with Gasteiger partial charge in [0.05, 0.1) is 40.1 Å². The van der Waals surface area contributed by atoms with Crippen LogP contribution in [-0.2, 0) is 22.6 Å². The highest BCUT2D eigenvalue weighted by Gasteiger charge is 2.45. The van der Waals surface area contributed by atoms with E-state index in [-0.39, 0.29) is 41.5 Å². The number of piperidine rings is 1. The Morgan fingerprint density at radius 3 is 2.34 bits per heavy atom. The van der Waals surface area contributed by atoms with Crippen molar-refractivity contribution in [3.63, 3.8) is 0 Å². The second-order valence-corrected chi connectivity index (χ2v) is 15.3. The number of imide groups is 2. The minimum absolute atomic E-state index is 0.0276. The van der Waals surface area contributed by atoms with Gasteiger partial charge in [-0.25, -0.2) is 4.98 Å². The summed E-state index contributed by atoms with van der Waals surface area (Å²) in [6.07, 6.45) is 4.52. The van der Waals surface area contributed by atoms with Gasteiger partial charge < -0.3 is 20.1 Å². The van der Waals surface area contributed by atoms with Crippen LogP contribution in [0.1, 0.15) is 62.1 Å². The summed E-state index contributed by atoms with van der Waals surface area (Å²) in [5.74, 6) is -2.25. The summed E-state index contributed by atoms with van der Waals surface area (Å²) in [5, 5.41) is 5.33. The molecule has 0 bridgehead atoms. The van der Waals surface area contributed by atoms with Gasteiger partial charge in [0.25, 0.3) is 23.3 Å². The normalized spacial score (nSPS) is 20.9. The third kappa shape index (κ3) is 6.57. The van der Waals surface area contributed by atoms with Crippen molar-refractivity contribution in [3.05, 3.63) is 93.2 Å². The number of hydrogen-bond donors (Lipinski definition) is 3. The highest BCUT2D eigenvalue weighted by Crippen LogP contribution is 2.33. The molecular formula is C40H42N10O6. The van der Waals surface area contributed by atoms with Crippen LogP contribution in [0.15, 0.2) is 59.7 Å². The number of rotatable bonds is 9. The van der Waals surface area contributed by atoms with E-state index in [1.807, 2.05) is 37.4 Å². The number of amides is 5. The van der Waals surface area contributed by atoms with Gasteiger partial charge in [0, 0.05) is 88.8 Å². The van der Waals surface area contributed by atoms with Crippen molar-refractivity contribution < 1.29 is 24.0 Å². The number of anilines is 2. The minimum atomic E-state index is -0.989. The van der Waals surface area contributed by atoms with Crippen molar-refractivity contribution >= 4 is 51.9 Å². The maximum atomic E-state index is 13.2. The third-order valence-corrected chi connectivity index (χ3v) is 11.7. The van der Waals surface area contributed by atoms with Crippen molar-refractivity contribution in [2.45, 2.75) is 50.9 Å². The average Bonchev–Trinajstić information content (AvgIpc) is 3.41. The zero-order chi connectivity index (χ0) is 38.7. The molecule has 8 heterocycles. The van der Waals surface area contributed by atoms with Gasteiger partial charge in [-0.1, -0.05) is 6.92 Å². The van der Waals surface area contributed by atoms with Gasteiger partial charge in [-0.3, -0.25) is 53.8 Å². The van der Waals surface area contributed by atoms with Crippen LogP contribution >= 0.6 is 0 Å². The number of nitrogens with one attached hydrogen (secondary N) is 3. The van der Waals surface area contributed by atoms with Crippen LogP contribution in [0.25, 0.3) is 11.0 Å². The number of H-pyrrole nitrogens is 1. The summed E-state index contributed by atoms with van der Waals surface area (Å²) in [7, 11) is 0. The van der Waals surface area contributed by atoms with Crippen molar-refractivity contribution in [2.75, 3.05) is 62.2 Å². The molecule has 16 nitrogen and oxygen atoms in total. The van der Waals surface area contributed by atoms with Crippen molar-refractivity contribution in [1.82, 2.24) is 40.3 Å². The van der Waals surface area contributed by atoms with E-state index in [0.29, 0.717) is 18.2 Å². The summed E-state index contributed by atoms with van der Waals surface area (Å²) in [6, 6.07) is 12.1. The Bertz CT molecular complexity index is 2330. The van der Waals surface area contributed by atoms with Crippen molar-refractivity contribution in [3.8, 4) is 0 Å². The maximum absolute atomic E-state index is 13.2. The first kappa shape index (κ1) is 35.7. The molecule has 16 heteroatoms. The molecular weight excluding hydrogens is 717 g/mol. The number of hydrogen-bond acceptors (Lipinski definition) is 12. The number of benzene rings is 1. The second-order valence-electron chi connectivity index (χ2n) is 15.3. The fraction of sp³-hybridized carbons (Fsp3) is 0.400. The van der Waals surface area contributed by atoms with E-state index < -0.39 is 29.7 Å². The average molecular weight is 759 g/mol. The maximum Gasteiger partial charge on any atom is 0.270 e. The lowest BCUT2D eigenvalue weighted by Gasteiger charge is -2.52. The van der Waals surface area contributed by atoms with Gasteiger partial charge >= 0.3 is 0 Å². The molecule has 0 radical (unpaired) electrons. The van der Waals surface area contributed by atoms with Crippen molar-refractivity contribution in [1.29, 1.82) is 0 Å². The molecule has 56 heavy (non-hydrogen) atoms. The molecule has 1 aromatic carbocycles. The Morgan fingerprint density at radius 1 is 0.839 bits per heavy atom. The molecule has 5 aliphatic rings. The number of carbonyl (C=O) groups excluding carboxylic acids is 5. The molecule has 9 rings (SSSR count). The van der Waals surface area contributed by atoms with Gasteiger partial charge in [-0.15, -0.1) is 0 Å². The number of nitrogens with zero attached hydrogens (tertiary/aromatic N) is 7. The van der Waals surface area contributed by atoms with Gasteiger partial charge in [0.15, 0.2) is 0 Å². The number of aromatic nitrogens is 3. The van der Waals surface area contributed by atoms with Crippen LogP contribution in [0.3, 0.4) is 0 Å². The smallest absolute Gasteiger partial charge is 0.270 e. The zero-order valence-electron chi connectivity index (χ0n) is 31.0. The van der Waals surface area contributed by atoms with E-state index in [0.717, 1.165) is 97.3 Å². The Balaban J connectivity index is 0.714. The van der Waals surface area contributed by atoms with E-state index in [1.165, 1.54) is 0 Å². The standard InChI is InChI=1S/C40H42N10O6/c1-2-24-14-32-33(44-36(24)52)13-23(16-41-32)18-46-9-11-47(12-10-46)27-4-6-31(42-17-27)37(53)43-25-19-48(20-25)28-21-49(22-28)26-3-5-29-30(15-26)40(56)50(39(29)55)34-7-8-35(51)45-38(34)54/h3-6,13-17,25,28,34H,2,7-12,18-22H2,1H3,(H,43,53)(H,44,52)(H,45,51,54)/t34-/m1/s1. The van der Waals surface area contributed by atoms with Crippen LogP contribution in [0.5, 0.6) is 0 Å². The van der Waals surface area contributed by atoms with Crippen LogP contribution < -0.4 is 26.0 Å². The monoisotopic (exact) mass is 758 g/mol. The fourth-order valence-corrected chi connectivity index (χ4v) is 8.36. The first-order chi connectivity index (χ1) is 27.1. The molecule has 3 aromatic heterocycles. The number of piperazine rings is 1. The topological polar surface area (TPSA) is 184 Å². The quantitative estimate of drug-likeness (QED) is 0.206. The van der Waals surface area contributed by atoms with Crippen LogP contribution in [0, 0.1) is 0 Å². The highest BCUT2D eigenvalue weighted by molar-refractivity contribution is 6.23. The first-order valence-electron chi connectivity index (χ1n) is 19.2. The zero-order valence-corrected chi connectivity index (χ0v) is 31.0. The number of pyridine rings is 3. The molecule has 4 saturated heterocycles. The molecule has 4 fully saturated rings. The molecule has 4 aromatic rings. The lowest BCUT2D eigenvalue weighted by molar-refractivity contribution is -0.136. The number of aromatic amines is 1. The molecule has 0 unspecified atom stereocenters. The summed E-state index contributed by atoms with van der Waals surface area (Å²) in [5.41, 5.74) is 6.03. The predicted octanol–water partition coefficient (Wildman–Crippen LogP) is 0.907. The second kappa shape index (κ2) is 14.3. The van der Waals surface area contributed by atoms with Crippen LogP contribution in [-0.4, -0.2) is 130 Å². The molecule has 5 amide bonds. The Labute approximate surface area is 321 Å². The number of likely N-dealkylation sites (tertiary alicyclic amines) is 1. The molecule has 0 aliphatic carbocycles. The van der Waals surface area contributed by atoms with Crippen molar-refractivity contribution in [2.24, 2.45) is 0 Å². The lowest BCUT2D eigenvalue weighted by atomic mass is 9.98. The Kier molecular flexibility index (Phi) is 9.08. The number of aryl methyl sites for hydroxylation is 1. The van der Waals surface area contributed by atoms with Gasteiger partial charge in [0.2, 0.25) is 11.8 Å². The summed E-state index contributed by atoms with van der Waals surface area (Å²) in [4.78, 5) is 97.7. The molecule has 3 N–H and O–H groups in total. The largest absolute Gasteiger partial charge is 0.368 e. The van der Waals surface area contributed by atoms with E-state index in [4.69, 9.17) is 0 Å². The SMILES string of the molecule is CCc1cc2ncc(CN3CCN(c4ccc(C(=O)NC5CN(C6CN(c7ccc8c(c7)C(=O)N([C@@H]7CCC(=O)NC7=O)C8=O)C6)C5)nc4)CC3)cc2[nH]c1=O. The summed E-state index contributed by atoms with van der Waals surface area (Å²) in [6.45, 7) is 9.05. The van der Waals surface area contributed by atoms with Gasteiger partial charge in [-0.2, -0.15) is 0 Å². The molecule has 0 saturated carbocycles. The molecule has 1 atom stereocenters. The van der Waals surface area contributed by atoms with E-state index in [2.05, 4.69) is 45.2 Å². The molecule has 0 spiro atoms. The predicted molar refractivity (Wildman–Crippen MR) is 205 cm³/mol. The molecule has 288 valence electrons. The van der Waals surface area contributed by atoms with Gasteiger partial charge in [0.1, 0.15) is 11.7 Å². The van der Waals surface area contributed by atoms with Crippen LogP contribution in [0.2, 0.25) is 0 Å². The Morgan fingerprint density at radius 2 is 1.61 bits per heavy atom. The van der Waals surface area contributed by atoms with Gasteiger partial charge in [-0.05, 0) is 60.9 Å². The van der Waals surface area contributed by atoms with Crippen LogP contribution in [0.4, 0.5) is 11.4 Å². The fourth-order valence-electron chi connectivity index (χ4n) is 8.36. The summed E-state index contributed by atoms with van der Waals surface area (Å²) < 4.78 is 0. The van der Waals surface area contributed by atoms with E-state index in [1.54, 1.807) is 24.4 Å². The minimum Gasteiger partial charge on any atom is -0.368 e. The number of fused-ring (bicyclic) bond motifs is 2. The Hall–Kier alpha value is -6.00. The molecule has 5 aliphatic heterocycles. The third-order valence-electron chi connectivity index (χ3n) is 11.7. The highest BCUT2D eigenvalue weighted by atomic mass is 16.2. The number of carbonyl (C=O) groups is 5. The van der Waals surface area contributed by atoms with E-state index in [9.17, 15) is 28.8 Å².